The van der Waals surface area contributed by atoms with Crippen molar-refractivity contribution >= 4 is 50.1 Å². The molecule has 0 aromatic heterocycles. The summed E-state index contributed by atoms with van der Waals surface area (Å²) < 4.78 is 33.1. The number of hydrogen-bond donors (Lipinski definition) is 1. The maximum absolute atomic E-state index is 14.1. The van der Waals surface area contributed by atoms with Crippen molar-refractivity contribution in [3.63, 3.8) is 0 Å². The van der Waals surface area contributed by atoms with Crippen molar-refractivity contribution in [3.8, 4) is 5.75 Å². The molecule has 0 spiro atoms. The molecule has 10 heteroatoms. The molecule has 1 N–H and O–H groups in total. The molecule has 0 heterocycles. The van der Waals surface area contributed by atoms with Gasteiger partial charge in [-0.1, -0.05) is 49.4 Å². The van der Waals surface area contributed by atoms with Crippen LogP contribution in [0.1, 0.15) is 31.4 Å². The van der Waals surface area contributed by atoms with E-state index in [1.807, 2.05) is 56.3 Å². The van der Waals surface area contributed by atoms with Crippen molar-refractivity contribution in [2.24, 2.45) is 0 Å². The molecule has 3 rings (SSSR count). The third kappa shape index (κ3) is 8.95. The number of carbonyl (C=O) groups excluding carboxylic acids is 2. The van der Waals surface area contributed by atoms with Crippen LogP contribution in [0, 0.1) is 3.57 Å². The van der Waals surface area contributed by atoms with Gasteiger partial charge in [-0.3, -0.25) is 13.9 Å². The topological polar surface area (TPSA) is 96.0 Å². The minimum atomic E-state index is -3.81. The number of methoxy groups -OCH3 is 1. The van der Waals surface area contributed by atoms with Gasteiger partial charge in [0.2, 0.25) is 21.8 Å². The smallest absolute Gasteiger partial charge is 0.244 e. The first-order valence-electron chi connectivity index (χ1n) is 13.0. The van der Waals surface area contributed by atoms with Crippen molar-refractivity contribution in [2.75, 3.05) is 24.2 Å². The number of anilines is 1. The van der Waals surface area contributed by atoms with Crippen LogP contribution in [0.5, 0.6) is 5.75 Å². The average Bonchev–Trinajstić information content (AvgIpc) is 2.94. The number of nitrogens with one attached hydrogen (secondary N) is 1. The van der Waals surface area contributed by atoms with Crippen LogP contribution in [-0.4, -0.2) is 57.1 Å². The Morgan fingerprint density at radius 3 is 2.23 bits per heavy atom. The first-order chi connectivity index (χ1) is 19.0. The molecule has 0 fully saturated rings. The Kier molecular flexibility index (Phi) is 11.4. The van der Waals surface area contributed by atoms with Crippen molar-refractivity contribution in [2.45, 2.75) is 45.3 Å². The highest BCUT2D eigenvalue weighted by Crippen LogP contribution is 2.22. The van der Waals surface area contributed by atoms with E-state index in [0.29, 0.717) is 11.4 Å². The van der Waals surface area contributed by atoms with Crippen LogP contribution in [0.15, 0.2) is 78.9 Å². The minimum Gasteiger partial charge on any atom is -0.497 e. The number of hydrogen-bond acceptors (Lipinski definition) is 5. The van der Waals surface area contributed by atoms with Crippen molar-refractivity contribution in [1.82, 2.24) is 10.2 Å². The van der Waals surface area contributed by atoms with Crippen LogP contribution in [0.4, 0.5) is 5.69 Å². The maximum Gasteiger partial charge on any atom is 0.244 e. The van der Waals surface area contributed by atoms with E-state index in [1.54, 1.807) is 43.5 Å². The molecule has 0 aliphatic heterocycles. The maximum atomic E-state index is 14.1. The van der Waals surface area contributed by atoms with Gasteiger partial charge in [0.05, 0.1) is 19.1 Å². The quantitative estimate of drug-likeness (QED) is 0.267. The lowest BCUT2D eigenvalue weighted by atomic mass is 10.0. The number of benzene rings is 3. The first kappa shape index (κ1) is 31.4. The van der Waals surface area contributed by atoms with Crippen LogP contribution in [0.3, 0.4) is 0 Å². The van der Waals surface area contributed by atoms with E-state index in [-0.39, 0.29) is 24.9 Å². The fourth-order valence-corrected chi connectivity index (χ4v) is 5.39. The molecule has 0 radical (unpaired) electrons. The van der Waals surface area contributed by atoms with E-state index in [1.165, 1.54) is 4.90 Å². The van der Waals surface area contributed by atoms with Gasteiger partial charge in [-0.05, 0) is 83.5 Å². The number of rotatable bonds is 13. The second-order valence-corrected chi connectivity index (χ2v) is 12.8. The Morgan fingerprint density at radius 2 is 1.62 bits per heavy atom. The van der Waals surface area contributed by atoms with Gasteiger partial charge in [-0.25, -0.2) is 8.42 Å². The molecule has 3 aromatic rings. The molecule has 0 aliphatic carbocycles. The summed E-state index contributed by atoms with van der Waals surface area (Å²) >= 11 is 2.14. The van der Waals surface area contributed by atoms with Crippen LogP contribution >= 0.6 is 22.6 Å². The van der Waals surface area contributed by atoms with E-state index in [4.69, 9.17) is 4.74 Å². The second-order valence-electron chi connectivity index (χ2n) is 9.64. The lowest BCUT2D eigenvalue weighted by Crippen LogP contribution is -2.54. The zero-order valence-corrected chi connectivity index (χ0v) is 26.2. The molecule has 2 unspecified atom stereocenters. The van der Waals surface area contributed by atoms with Crippen LogP contribution in [-0.2, 0) is 32.6 Å². The molecular formula is C30H36IN3O5S. The van der Waals surface area contributed by atoms with Gasteiger partial charge >= 0.3 is 0 Å². The minimum absolute atomic E-state index is 0.0890. The van der Waals surface area contributed by atoms with Gasteiger partial charge in [0.1, 0.15) is 18.3 Å². The number of ether oxygens (including phenoxy) is 1. The number of halogens is 1. The first-order valence-corrected chi connectivity index (χ1v) is 15.9. The third-order valence-corrected chi connectivity index (χ3v) is 8.41. The van der Waals surface area contributed by atoms with E-state index < -0.39 is 28.5 Å². The molecular weight excluding hydrogens is 641 g/mol. The molecule has 8 nitrogen and oxygen atoms in total. The highest BCUT2D eigenvalue weighted by Gasteiger charge is 2.33. The summed E-state index contributed by atoms with van der Waals surface area (Å²) in [4.78, 5) is 29.3. The average molecular weight is 678 g/mol. The van der Waals surface area contributed by atoms with E-state index in [2.05, 4.69) is 27.9 Å². The Labute approximate surface area is 250 Å². The van der Waals surface area contributed by atoms with Crippen molar-refractivity contribution in [3.05, 3.63) is 93.6 Å². The Hall–Kier alpha value is -3.12. The van der Waals surface area contributed by atoms with E-state index in [9.17, 15) is 18.0 Å². The number of carbonyl (C=O) groups is 2. The fraction of sp³-hybridized carbons (Fsp3) is 0.333. The summed E-state index contributed by atoms with van der Waals surface area (Å²) in [5.74, 6) is -0.174. The molecule has 0 saturated heterocycles. The van der Waals surface area contributed by atoms with Gasteiger partial charge in [0.15, 0.2) is 0 Å². The molecule has 40 heavy (non-hydrogen) atoms. The Morgan fingerprint density at radius 1 is 0.975 bits per heavy atom. The van der Waals surface area contributed by atoms with Gasteiger partial charge in [0, 0.05) is 22.6 Å². The summed E-state index contributed by atoms with van der Waals surface area (Å²) in [6, 6.07) is 22.7. The molecule has 2 atom stereocenters. The largest absolute Gasteiger partial charge is 0.497 e. The predicted octanol–water partition coefficient (Wildman–Crippen LogP) is 4.62. The highest BCUT2D eigenvalue weighted by atomic mass is 127. The van der Waals surface area contributed by atoms with Gasteiger partial charge in [-0.2, -0.15) is 0 Å². The van der Waals surface area contributed by atoms with Crippen LogP contribution in [0.25, 0.3) is 0 Å². The van der Waals surface area contributed by atoms with Gasteiger partial charge in [-0.15, -0.1) is 0 Å². The molecule has 2 amide bonds. The standard InChI is InChI=1S/C30H36IN3O5S/c1-5-22(2)32-30(36)28(19-23-10-7-6-8-11-23)33(20-24-12-9-13-27(18-24)39-3)29(35)21-34(40(4,37)38)26-16-14-25(31)15-17-26/h6-18,22,28H,5,19-21H2,1-4H3,(H,32,36). The third-order valence-electron chi connectivity index (χ3n) is 6.55. The van der Waals surface area contributed by atoms with Crippen molar-refractivity contribution < 1.29 is 22.7 Å². The molecule has 3 aromatic carbocycles. The monoisotopic (exact) mass is 677 g/mol. The lowest BCUT2D eigenvalue weighted by molar-refractivity contribution is -0.140. The summed E-state index contributed by atoms with van der Waals surface area (Å²) in [5, 5.41) is 3.02. The number of sulfonamides is 1. The van der Waals surface area contributed by atoms with E-state index >= 15 is 0 Å². The molecule has 0 saturated carbocycles. The SMILES string of the molecule is CCC(C)NC(=O)C(Cc1ccccc1)N(Cc1cccc(OC)c1)C(=O)CN(c1ccc(I)cc1)S(C)(=O)=O. The predicted molar refractivity (Wildman–Crippen MR) is 167 cm³/mol. The zero-order chi connectivity index (χ0) is 29.3. The number of nitrogens with zero attached hydrogens (tertiary/aromatic N) is 2. The summed E-state index contributed by atoms with van der Waals surface area (Å²) in [7, 11) is -2.25. The normalized spacial score (nSPS) is 12.7. The van der Waals surface area contributed by atoms with Crippen LogP contribution in [0.2, 0.25) is 0 Å². The molecule has 214 valence electrons. The highest BCUT2D eigenvalue weighted by molar-refractivity contribution is 14.1. The van der Waals surface area contributed by atoms with Gasteiger partial charge in [0.25, 0.3) is 0 Å². The Bertz CT molecular complexity index is 1380. The number of amides is 2. The van der Waals surface area contributed by atoms with Gasteiger partial charge < -0.3 is 15.0 Å². The van der Waals surface area contributed by atoms with Crippen LogP contribution < -0.4 is 14.4 Å². The molecule has 0 aliphatic rings. The second kappa shape index (κ2) is 14.5. The summed E-state index contributed by atoms with van der Waals surface area (Å²) in [6.07, 6.45) is 2.06. The fourth-order valence-electron chi connectivity index (χ4n) is 4.18. The Balaban J connectivity index is 2.06. The van der Waals surface area contributed by atoms with E-state index in [0.717, 1.165) is 31.7 Å². The van der Waals surface area contributed by atoms with Crippen molar-refractivity contribution in [1.29, 1.82) is 0 Å². The lowest BCUT2D eigenvalue weighted by Gasteiger charge is -2.34. The summed E-state index contributed by atoms with van der Waals surface area (Å²) in [6.45, 7) is 3.52. The summed E-state index contributed by atoms with van der Waals surface area (Å²) in [5.41, 5.74) is 2.01. The molecule has 0 bridgehead atoms. The zero-order valence-electron chi connectivity index (χ0n) is 23.2.